The molecule has 1 aromatic heterocycles. The number of hydrogen-bond acceptors (Lipinski definition) is 6. The van der Waals surface area contributed by atoms with Crippen LogP contribution in [0.15, 0.2) is 36.5 Å². The van der Waals surface area contributed by atoms with Crippen molar-refractivity contribution in [2.45, 2.75) is 57.4 Å². The summed E-state index contributed by atoms with van der Waals surface area (Å²) in [6.45, 7) is 7.83. The Bertz CT molecular complexity index is 964. The van der Waals surface area contributed by atoms with Gasteiger partial charge in [-0.3, -0.25) is 19.2 Å². The number of pyridine rings is 1. The van der Waals surface area contributed by atoms with Crippen LogP contribution >= 0.6 is 0 Å². The Morgan fingerprint density at radius 2 is 1.97 bits per heavy atom. The highest BCUT2D eigenvalue weighted by Crippen LogP contribution is 2.38. The van der Waals surface area contributed by atoms with Crippen molar-refractivity contribution >= 4 is 18.3 Å². The molecule has 1 saturated heterocycles. The van der Waals surface area contributed by atoms with Crippen LogP contribution in [0.5, 0.6) is 0 Å². The lowest BCUT2D eigenvalue weighted by atomic mass is 9.76. The fourth-order valence-electron chi connectivity index (χ4n) is 5.12. The van der Waals surface area contributed by atoms with Crippen LogP contribution in [0, 0.1) is 0 Å². The van der Waals surface area contributed by atoms with Crippen LogP contribution in [-0.2, 0) is 6.42 Å². The van der Waals surface area contributed by atoms with Crippen molar-refractivity contribution in [2.24, 2.45) is 0 Å². The summed E-state index contributed by atoms with van der Waals surface area (Å²) in [5, 5.41) is 22.7. The third-order valence-electron chi connectivity index (χ3n) is 6.73. The standard InChI is InChI=1S/C25H35BF2N4O2/c1-17-11-18-12-19(26(33)34)5-7-22(18)24(32(17)16-25(2,3)28)23-8-6-20(13-29-23)30-21-14-31(15-21)10-4-9-27/h5-8,12-13,17,21,24,30,33-34H,4,9-11,14-16H2,1-3H3. The summed E-state index contributed by atoms with van der Waals surface area (Å²) in [5.74, 6) is 0. The number of halogens is 2. The monoisotopic (exact) mass is 472 g/mol. The van der Waals surface area contributed by atoms with Gasteiger partial charge in [0.25, 0.3) is 0 Å². The third kappa shape index (κ3) is 5.76. The zero-order chi connectivity index (χ0) is 24.5. The van der Waals surface area contributed by atoms with Crippen molar-refractivity contribution in [1.29, 1.82) is 0 Å². The number of alkyl halides is 2. The molecule has 2 unspecified atom stereocenters. The zero-order valence-corrected chi connectivity index (χ0v) is 20.2. The van der Waals surface area contributed by atoms with Gasteiger partial charge in [-0.1, -0.05) is 18.2 Å². The number of aromatic nitrogens is 1. The van der Waals surface area contributed by atoms with E-state index in [9.17, 15) is 18.8 Å². The minimum atomic E-state index is -1.52. The second kappa shape index (κ2) is 10.3. The van der Waals surface area contributed by atoms with E-state index in [2.05, 4.69) is 22.0 Å². The molecule has 0 saturated carbocycles. The predicted molar refractivity (Wildman–Crippen MR) is 132 cm³/mol. The van der Waals surface area contributed by atoms with Crippen LogP contribution in [-0.4, -0.2) is 82.6 Å². The Morgan fingerprint density at radius 1 is 1.21 bits per heavy atom. The summed E-state index contributed by atoms with van der Waals surface area (Å²) in [7, 11) is -1.52. The average molecular weight is 472 g/mol. The topological polar surface area (TPSA) is 71.9 Å². The van der Waals surface area contributed by atoms with Crippen LogP contribution < -0.4 is 10.8 Å². The van der Waals surface area contributed by atoms with Crippen molar-refractivity contribution in [3.8, 4) is 0 Å². The first kappa shape index (κ1) is 25.0. The first-order valence-electron chi connectivity index (χ1n) is 12.1. The quantitative estimate of drug-likeness (QED) is 0.487. The number of likely N-dealkylation sites (tertiary alicyclic amines) is 1. The Labute approximate surface area is 201 Å². The molecule has 34 heavy (non-hydrogen) atoms. The summed E-state index contributed by atoms with van der Waals surface area (Å²) >= 11 is 0. The van der Waals surface area contributed by atoms with Crippen LogP contribution in [0.4, 0.5) is 14.5 Å². The zero-order valence-electron chi connectivity index (χ0n) is 20.2. The van der Waals surface area contributed by atoms with E-state index in [1.165, 1.54) is 0 Å². The molecule has 9 heteroatoms. The van der Waals surface area contributed by atoms with Crippen molar-refractivity contribution < 1.29 is 18.8 Å². The van der Waals surface area contributed by atoms with E-state index in [1.807, 2.05) is 30.5 Å². The number of fused-ring (bicyclic) bond motifs is 1. The summed E-state index contributed by atoms with van der Waals surface area (Å²) in [4.78, 5) is 9.15. The van der Waals surface area contributed by atoms with E-state index in [0.717, 1.165) is 42.1 Å². The van der Waals surface area contributed by atoms with Gasteiger partial charge in [0.15, 0.2) is 0 Å². The molecule has 4 rings (SSSR count). The minimum Gasteiger partial charge on any atom is -0.423 e. The third-order valence-corrected chi connectivity index (χ3v) is 6.73. The molecule has 3 heterocycles. The van der Waals surface area contributed by atoms with Gasteiger partial charge in [-0.05, 0) is 62.3 Å². The Balaban J connectivity index is 1.56. The molecule has 0 aliphatic carbocycles. The SMILES string of the molecule is CC1Cc2cc(B(O)O)ccc2C(c2ccc(NC3CN(CCCF)C3)cn2)N1CC(C)(C)F. The largest absolute Gasteiger partial charge is 0.488 e. The number of nitrogens with one attached hydrogen (secondary N) is 1. The Hall–Kier alpha value is -2.07. The maximum atomic E-state index is 14.8. The number of benzene rings is 1. The van der Waals surface area contributed by atoms with Gasteiger partial charge in [-0.15, -0.1) is 0 Å². The maximum absolute atomic E-state index is 14.8. The molecule has 0 bridgehead atoms. The van der Waals surface area contributed by atoms with Gasteiger partial charge in [-0.25, -0.2) is 4.39 Å². The van der Waals surface area contributed by atoms with Crippen molar-refractivity contribution in [3.05, 3.63) is 53.3 Å². The summed E-state index contributed by atoms with van der Waals surface area (Å²) in [6, 6.07) is 9.62. The smallest absolute Gasteiger partial charge is 0.423 e. The highest BCUT2D eigenvalue weighted by Gasteiger charge is 2.37. The molecule has 2 aromatic rings. The Kier molecular flexibility index (Phi) is 7.57. The van der Waals surface area contributed by atoms with E-state index in [0.29, 0.717) is 24.3 Å². The second-order valence-electron chi connectivity index (χ2n) is 10.3. The van der Waals surface area contributed by atoms with Crippen LogP contribution in [0.2, 0.25) is 0 Å². The number of rotatable bonds is 9. The first-order chi connectivity index (χ1) is 16.1. The molecule has 3 N–H and O–H groups in total. The van der Waals surface area contributed by atoms with Gasteiger partial charge >= 0.3 is 7.12 Å². The maximum Gasteiger partial charge on any atom is 0.488 e. The number of anilines is 1. The lowest BCUT2D eigenvalue weighted by Crippen LogP contribution is -2.54. The molecule has 1 fully saturated rings. The lowest BCUT2D eigenvalue weighted by Gasteiger charge is -2.43. The molecule has 1 aromatic carbocycles. The molecule has 2 aliphatic rings. The molecule has 0 spiro atoms. The molecule has 2 aliphatic heterocycles. The van der Waals surface area contributed by atoms with Gasteiger partial charge < -0.3 is 15.4 Å². The normalized spacial score (nSPS) is 21.7. The Morgan fingerprint density at radius 3 is 2.59 bits per heavy atom. The molecule has 2 atom stereocenters. The highest BCUT2D eigenvalue weighted by molar-refractivity contribution is 6.58. The highest BCUT2D eigenvalue weighted by atomic mass is 19.1. The summed E-state index contributed by atoms with van der Waals surface area (Å²) < 4.78 is 27.1. The van der Waals surface area contributed by atoms with E-state index in [-0.39, 0.29) is 25.3 Å². The van der Waals surface area contributed by atoms with Crippen molar-refractivity contribution in [2.75, 3.05) is 38.2 Å². The average Bonchev–Trinajstić information content (AvgIpc) is 2.75. The van der Waals surface area contributed by atoms with Gasteiger partial charge in [0.05, 0.1) is 36.3 Å². The van der Waals surface area contributed by atoms with Crippen molar-refractivity contribution in [1.82, 2.24) is 14.8 Å². The van der Waals surface area contributed by atoms with Crippen LogP contribution in [0.3, 0.4) is 0 Å². The number of nitrogens with zero attached hydrogens (tertiary/aromatic N) is 3. The molecule has 184 valence electrons. The molecule has 0 radical (unpaired) electrons. The van der Waals surface area contributed by atoms with E-state index in [1.54, 1.807) is 19.9 Å². The number of hydrogen-bond donors (Lipinski definition) is 3. The lowest BCUT2D eigenvalue weighted by molar-refractivity contribution is 0.0664. The second-order valence-corrected chi connectivity index (χ2v) is 10.3. The molecule has 6 nitrogen and oxygen atoms in total. The summed E-state index contributed by atoms with van der Waals surface area (Å²) in [5.41, 5.74) is 2.89. The molecule has 0 amide bonds. The van der Waals surface area contributed by atoms with Crippen LogP contribution in [0.25, 0.3) is 0 Å². The van der Waals surface area contributed by atoms with Gasteiger partial charge in [-0.2, -0.15) is 0 Å². The molecular formula is C25H35BF2N4O2. The van der Waals surface area contributed by atoms with Crippen LogP contribution in [0.1, 0.15) is 50.1 Å². The van der Waals surface area contributed by atoms with Gasteiger partial charge in [0.2, 0.25) is 0 Å². The first-order valence-corrected chi connectivity index (χ1v) is 12.1. The fraction of sp³-hybridized carbons (Fsp3) is 0.560. The van der Waals surface area contributed by atoms with E-state index in [4.69, 9.17) is 4.98 Å². The fourth-order valence-corrected chi connectivity index (χ4v) is 5.12. The van der Waals surface area contributed by atoms with Gasteiger partial charge in [0, 0.05) is 32.2 Å². The van der Waals surface area contributed by atoms with Gasteiger partial charge in [0.1, 0.15) is 5.67 Å². The van der Waals surface area contributed by atoms with E-state index >= 15 is 0 Å². The molecular weight excluding hydrogens is 437 g/mol. The minimum absolute atomic E-state index is 0.0588. The summed E-state index contributed by atoms with van der Waals surface area (Å²) in [6.07, 6.45) is 3.10. The van der Waals surface area contributed by atoms with Crippen molar-refractivity contribution in [3.63, 3.8) is 0 Å². The van der Waals surface area contributed by atoms with E-state index < -0.39 is 12.8 Å². The predicted octanol–water partition coefficient (Wildman–Crippen LogP) is 2.30.